The molecule has 1 amide bonds. The molecule has 5 nitrogen and oxygen atoms in total. The number of benzene rings is 3. The Bertz CT molecular complexity index is 1340. The molecule has 0 bridgehead atoms. The van der Waals surface area contributed by atoms with Crippen molar-refractivity contribution < 1.29 is 14.3 Å². The number of hydrogen-bond donors (Lipinski definition) is 2. The third-order valence-corrected chi connectivity index (χ3v) is 7.51. The van der Waals surface area contributed by atoms with E-state index in [1.54, 1.807) is 12.1 Å². The summed E-state index contributed by atoms with van der Waals surface area (Å²) < 4.78 is 12.2. The lowest BCUT2D eigenvalue weighted by atomic mass is 10.0. The Morgan fingerprint density at radius 3 is 2.53 bits per heavy atom. The second-order valence-corrected chi connectivity index (χ2v) is 10.6. The summed E-state index contributed by atoms with van der Waals surface area (Å²) in [6.45, 7) is 8.66. The van der Waals surface area contributed by atoms with Crippen LogP contribution in [-0.4, -0.2) is 18.0 Å². The second-order valence-electron chi connectivity index (χ2n) is 8.63. The zero-order valence-electron chi connectivity index (χ0n) is 21.4. The van der Waals surface area contributed by atoms with Gasteiger partial charge in [0, 0.05) is 26.9 Å². The average Bonchev–Trinajstić information content (AvgIpc) is 3.23. The van der Waals surface area contributed by atoms with Crippen molar-refractivity contribution in [1.82, 2.24) is 5.32 Å². The van der Waals surface area contributed by atoms with Crippen LogP contribution in [0.15, 0.2) is 72.2 Å². The number of amides is 1. The molecule has 1 aliphatic rings. The number of aryl methyl sites for hydroxylation is 1. The highest BCUT2D eigenvalue weighted by Crippen LogP contribution is 2.37. The summed E-state index contributed by atoms with van der Waals surface area (Å²) in [7, 11) is 0. The van der Waals surface area contributed by atoms with Crippen LogP contribution in [0, 0.1) is 0 Å². The lowest BCUT2D eigenvalue weighted by Crippen LogP contribution is -2.30. The highest BCUT2D eigenvalue weighted by Gasteiger charge is 2.27. The normalized spacial score (nSPS) is 15.8. The van der Waals surface area contributed by atoms with Gasteiger partial charge < -0.3 is 20.1 Å². The molecule has 1 atom stereocenters. The van der Waals surface area contributed by atoms with E-state index in [9.17, 15) is 4.79 Å². The van der Waals surface area contributed by atoms with Gasteiger partial charge in [-0.25, -0.2) is 0 Å². The highest BCUT2D eigenvalue weighted by molar-refractivity contribution is 8.05. The van der Waals surface area contributed by atoms with Crippen molar-refractivity contribution in [3.05, 3.63) is 104 Å². The van der Waals surface area contributed by atoms with Crippen molar-refractivity contribution in [2.24, 2.45) is 0 Å². The largest absolute Gasteiger partial charge is 0.490 e. The van der Waals surface area contributed by atoms with E-state index in [0.717, 1.165) is 28.8 Å². The van der Waals surface area contributed by atoms with Crippen molar-refractivity contribution in [1.29, 1.82) is 0 Å². The predicted octanol–water partition coefficient (Wildman–Crippen LogP) is 7.86. The number of thioether (sulfide) groups is 1. The Morgan fingerprint density at radius 2 is 1.84 bits per heavy atom. The summed E-state index contributed by atoms with van der Waals surface area (Å²) in [6, 6.07) is 17.4. The molecule has 38 heavy (non-hydrogen) atoms. The Morgan fingerprint density at radius 1 is 1.05 bits per heavy atom. The van der Waals surface area contributed by atoms with E-state index in [1.165, 1.54) is 17.3 Å². The van der Waals surface area contributed by atoms with Gasteiger partial charge >= 0.3 is 0 Å². The van der Waals surface area contributed by atoms with Crippen molar-refractivity contribution >= 4 is 52.6 Å². The summed E-state index contributed by atoms with van der Waals surface area (Å²) in [5.74, 6) is 1.09. The van der Waals surface area contributed by atoms with Gasteiger partial charge in [-0.15, -0.1) is 6.58 Å². The number of nitrogens with one attached hydrogen (secondary N) is 2. The van der Waals surface area contributed by atoms with E-state index < -0.39 is 0 Å². The van der Waals surface area contributed by atoms with E-state index in [2.05, 4.69) is 36.3 Å². The monoisotopic (exact) mass is 568 g/mol. The minimum atomic E-state index is -0.257. The Balaban J connectivity index is 1.56. The molecule has 198 valence electrons. The number of ether oxygens (including phenoxy) is 2. The van der Waals surface area contributed by atoms with Crippen molar-refractivity contribution in [2.45, 2.75) is 38.8 Å². The molecular weight excluding hydrogens is 539 g/mol. The third kappa shape index (κ3) is 7.07. The van der Waals surface area contributed by atoms with Gasteiger partial charge in [-0.2, -0.15) is 0 Å². The Hall–Kier alpha value is -3.06. The molecule has 4 rings (SSSR count). The fourth-order valence-electron chi connectivity index (χ4n) is 3.99. The van der Waals surface area contributed by atoms with Crippen LogP contribution in [0.1, 0.15) is 36.1 Å². The molecule has 0 aliphatic carbocycles. The van der Waals surface area contributed by atoms with Gasteiger partial charge in [0.2, 0.25) is 0 Å². The first-order chi connectivity index (χ1) is 18.4. The van der Waals surface area contributed by atoms with E-state index in [-0.39, 0.29) is 18.0 Å². The molecule has 1 fully saturated rings. The highest BCUT2D eigenvalue weighted by atomic mass is 35.5. The summed E-state index contributed by atoms with van der Waals surface area (Å²) in [5, 5.41) is 7.46. The first-order valence-electron chi connectivity index (χ1n) is 12.4. The number of anilines is 1. The van der Waals surface area contributed by atoms with Crippen LogP contribution < -0.4 is 20.1 Å². The number of carbonyl (C=O) groups is 1. The first kappa shape index (κ1) is 28.0. The molecule has 3 aromatic rings. The van der Waals surface area contributed by atoms with Crippen LogP contribution in [0.25, 0.3) is 6.08 Å². The molecule has 1 heterocycles. The zero-order chi connectivity index (χ0) is 27.1. The first-order valence-corrected chi connectivity index (χ1v) is 14.1. The van der Waals surface area contributed by atoms with Crippen molar-refractivity contribution in [3.8, 4) is 11.5 Å². The molecule has 0 radical (unpaired) electrons. The summed E-state index contributed by atoms with van der Waals surface area (Å²) in [6.07, 6.45) is 5.23. The molecule has 8 heteroatoms. The maximum atomic E-state index is 12.7. The van der Waals surface area contributed by atoms with E-state index in [4.69, 9.17) is 32.7 Å². The average molecular weight is 570 g/mol. The fraction of sp³-hybridized carbons (Fsp3) is 0.233. The fourth-order valence-corrected chi connectivity index (χ4v) is 5.44. The van der Waals surface area contributed by atoms with Crippen LogP contribution in [0.2, 0.25) is 10.0 Å². The topological polar surface area (TPSA) is 59.6 Å². The Labute approximate surface area is 238 Å². The van der Waals surface area contributed by atoms with Gasteiger partial charge in [-0.1, -0.05) is 66.2 Å². The second kappa shape index (κ2) is 13.1. The Kier molecular flexibility index (Phi) is 9.67. The van der Waals surface area contributed by atoms with Crippen LogP contribution >= 0.6 is 35.0 Å². The number of rotatable bonds is 11. The van der Waals surface area contributed by atoms with Crippen LogP contribution in [-0.2, 0) is 24.2 Å². The van der Waals surface area contributed by atoms with Crippen LogP contribution in [0.5, 0.6) is 11.5 Å². The van der Waals surface area contributed by atoms with Crippen LogP contribution in [0.3, 0.4) is 0 Å². The standard InChI is InChI=1S/C30H30Cl2N2O3S/c1-4-7-21-14-20(15-26(36-6-3)28(21)37-18-22-10-11-23(31)17-25(22)32)16-27-29(35)34-30(38-27)33-24-12-8-19(5-2)9-13-24/h4,8-17,30,33H,1,5-7,18H2,2-3H3,(H,34,35)/b27-16-/t30-/m1/s1. The summed E-state index contributed by atoms with van der Waals surface area (Å²) in [5.41, 5.74) is 4.52. The SMILES string of the molecule is C=CCc1cc(/C=C2\S[C@H](Nc3ccc(CC)cc3)NC2=O)cc(OCC)c1OCc1ccc(Cl)cc1Cl. The lowest BCUT2D eigenvalue weighted by Gasteiger charge is -2.17. The quantitative estimate of drug-likeness (QED) is 0.182. The van der Waals surface area contributed by atoms with Gasteiger partial charge in [0.05, 0.1) is 11.5 Å². The lowest BCUT2D eigenvalue weighted by molar-refractivity contribution is -0.116. The van der Waals surface area contributed by atoms with E-state index in [1.807, 2.05) is 49.4 Å². The number of hydrogen-bond acceptors (Lipinski definition) is 5. The zero-order valence-corrected chi connectivity index (χ0v) is 23.7. The number of halogens is 2. The van der Waals surface area contributed by atoms with Crippen LogP contribution in [0.4, 0.5) is 5.69 Å². The molecule has 2 N–H and O–H groups in total. The molecule has 1 aliphatic heterocycles. The van der Waals surface area contributed by atoms with Gasteiger partial charge in [-0.05, 0) is 73.4 Å². The third-order valence-electron chi connectivity index (χ3n) is 5.89. The molecule has 1 saturated heterocycles. The molecule has 0 spiro atoms. The maximum absolute atomic E-state index is 12.7. The molecule has 3 aromatic carbocycles. The van der Waals surface area contributed by atoms with E-state index in [0.29, 0.717) is 39.5 Å². The maximum Gasteiger partial charge on any atom is 0.260 e. The van der Waals surface area contributed by atoms with Gasteiger partial charge in [0.25, 0.3) is 5.91 Å². The predicted molar refractivity (Wildman–Crippen MR) is 159 cm³/mol. The minimum Gasteiger partial charge on any atom is -0.490 e. The molecule has 0 aromatic heterocycles. The summed E-state index contributed by atoms with van der Waals surface area (Å²) >= 11 is 13.8. The minimum absolute atomic E-state index is 0.126. The molecular formula is C30H30Cl2N2O3S. The van der Waals surface area contributed by atoms with Gasteiger partial charge in [0.15, 0.2) is 17.0 Å². The smallest absolute Gasteiger partial charge is 0.260 e. The number of allylic oxidation sites excluding steroid dienone is 1. The van der Waals surface area contributed by atoms with Crippen molar-refractivity contribution in [2.75, 3.05) is 11.9 Å². The van der Waals surface area contributed by atoms with Gasteiger partial charge in [0.1, 0.15) is 6.61 Å². The van der Waals surface area contributed by atoms with Crippen molar-refractivity contribution in [3.63, 3.8) is 0 Å². The number of carbonyl (C=O) groups excluding carboxylic acids is 1. The summed E-state index contributed by atoms with van der Waals surface area (Å²) in [4.78, 5) is 13.4. The molecule has 0 saturated carbocycles. The van der Waals surface area contributed by atoms with E-state index >= 15 is 0 Å². The molecule has 0 unspecified atom stereocenters. The van der Waals surface area contributed by atoms with Gasteiger partial charge in [-0.3, -0.25) is 4.79 Å².